The largest absolute Gasteiger partial charge is 0.355 e. The number of fused-ring (bicyclic) bond motifs is 8. The van der Waals surface area contributed by atoms with Gasteiger partial charge in [0.15, 0.2) is 0 Å². The van der Waals surface area contributed by atoms with Gasteiger partial charge < -0.3 is 9.97 Å². The molecule has 2 aliphatic rings. The third-order valence-electron chi connectivity index (χ3n) is 8.97. The number of nitrogens with zero attached hydrogens (tertiary/aromatic N) is 2. The fourth-order valence-corrected chi connectivity index (χ4v) is 7.10. The molecule has 0 saturated heterocycles. The SMILES string of the molecule is CCC1=C(CC)c2cc3[nH]c(cc4[nH]c(cc5nc(cc1n2)C(CC)=C5CC)c(CC)c4CC)c(CC)c3CC.[Pb]. The van der Waals surface area contributed by atoms with E-state index in [4.69, 9.17) is 9.97 Å². The van der Waals surface area contributed by atoms with Crippen molar-refractivity contribution in [2.45, 2.75) is 107 Å². The van der Waals surface area contributed by atoms with E-state index < -0.39 is 0 Å². The second-order valence-electron chi connectivity index (χ2n) is 10.9. The van der Waals surface area contributed by atoms with Crippen molar-refractivity contribution in [1.82, 2.24) is 19.9 Å². The van der Waals surface area contributed by atoms with Crippen molar-refractivity contribution in [1.29, 1.82) is 0 Å². The van der Waals surface area contributed by atoms with E-state index in [0.717, 1.165) is 74.1 Å². The smallest absolute Gasteiger partial charge is 0.0694 e. The molecular weight excluding hydrogens is 696 g/mol. The summed E-state index contributed by atoms with van der Waals surface area (Å²) in [5.41, 5.74) is 20.2. The van der Waals surface area contributed by atoms with Gasteiger partial charge in [-0.2, -0.15) is 0 Å². The average molecular weight is 742 g/mol. The number of aryl methyl sites for hydroxylation is 4. The van der Waals surface area contributed by atoms with Crippen LogP contribution in [0.5, 0.6) is 0 Å². The number of allylic oxidation sites excluding steroid dienone is 4. The van der Waals surface area contributed by atoms with Crippen LogP contribution in [0.25, 0.3) is 44.4 Å². The third-order valence-corrected chi connectivity index (χ3v) is 8.97. The normalized spacial score (nSPS) is 13.3. The monoisotopic (exact) mass is 742 g/mol. The Hall–Kier alpha value is -2.48. The Balaban J connectivity index is 0.00000387. The van der Waals surface area contributed by atoms with Gasteiger partial charge in [0.25, 0.3) is 0 Å². The molecule has 214 valence electrons. The van der Waals surface area contributed by atoms with Gasteiger partial charge in [0.1, 0.15) is 0 Å². The van der Waals surface area contributed by atoms with Gasteiger partial charge in [-0.05, 0) is 120 Å². The summed E-state index contributed by atoms with van der Waals surface area (Å²) < 4.78 is 0. The van der Waals surface area contributed by atoms with Crippen molar-refractivity contribution in [3.63, 3.8) is 0 Å². The number of hydrogen-bond acceptors (Lipinski definition) is 2. The standard InChI is InChI=1S/C36H46N4.Pb/c1-9-21-22(10-2)30-18-32-25(13-5)26(14-6)34(39-32)20-36-28(16-8)27(15-7)35(40-36)19-33-24(12-4)23(11-3)31(38-33)17-29(21)37-30;/h17-20,37-38H,9-16H2,1-8H3;. The number of aromatic nitrogens is 4. The Morgan fingerprint density at radius 3 is 0.927 bits per heavy atom. The molecule has 0 atom stereocenters. The molecule has 3 aromatic rings. The summed E-state index contributed by atoms with van der Waals surface area (Å²) in [5, 5.41) is 0. The molecule has 0 aliphatic carbocycles. The zero-order valence-electron chi connectivity index (χ0n) is 26.4. The summed E-state index contributed by atoms with van der Waals surface area (Å²) >= 11 is 0. The van der Waals surface area contributed by atoms with Crippen molar-refractivity contribution in [2.24, 2.45) is 0 Å². The quantitative estimate of drug-likeness (QED) is 0.226. The van der Waals surface area contributed by atoms with Gasteiger partial charge in [0, 0.05) is 49.4 Å². The van der Waals surface area contributed by atoms with Gasteiger partial charge in [0.2, 0.25) is 0 Å². The van der Waals surface area contributed by atoms with E-state index in [-0.39, 0.29) is 27.3 Å². The first-order valence-electron chi connectivity index (χ1n) is 15.7. The summed E-state index contributed by atoms with van der Waals surface area (Å²) in [7, 11) is 0. The van der Waals surface area contributed by atoms with E-state index in [1.165, 1.54) is 66.6 Å². The van der Waals surface area contributed by atoms with Crippen LogP contribution in [0.4, 0.5) is 0 Å². The molecule has 2 aliphatic heterocycles. The molecule has 0 aromatic carbocycles. The molecule has 41 heavy (non-hydrogen) atoms. The molecule has 0 spiro atoms. The Morgan fingerprint density at radius 1 is 0.390 bits per heavy atom. The molecule has 0 saturated carbocycles. The van der Waals surface area contributed by atoms with Crippen molar-refractivity contribution in [3.8, 4) is 0 Å². The van der Waals surface area contributed by atoms with E-state index in [9.17, 15) is 0 Å². The van der Waals surface area contributed by atoms with Crippen LogP contribution >= 0.6 is 0 Å². The molecule has 0 amide bonds. The van der Waals surface area contributed by atoms with Crippen LogP contribution in [0.1, 0.15) is 126 Å². The van der Waals surface area contributed by atoms with Gasteiger partial charge in [-0.3, -0.25) is 0 Å². The predicted octanol–water partition coefficient (Wildman–Crippen LogP) is 9.65. The topological polar surface area (TPSA) is 57.4 Å². The maximum absolute atomic E-state index is 5.28. The van der Waals surface area contributed by atoms with Gasteiger partial charge in [-0.15, -0.1) is 0 Å². The zero-order valence-corrected chi connectivity index (χ0v) is 30.2. The second kappa shape index (κ2) is 13.2. The molecule has 8 bridgehead atoms. The second-order valence-corrected chi connectivity index (χ2v) is 10.9. The minimum absolute atomic E-state index is 0. The van der Waals surface area contributed by atoms with Crippen molar-refractivity contribution in [2.75, 3.05) is 0 Å². The van der Waals surface area contributed by atoms with Crippen LogP contribution in [-0.2, 0) is 25.7 Å². The summed E-state index contributed by atoms with van der Waals surface area (Å²) in [6.45, 7) is 18.1. The predicted molar refractivity (Wildman–Crippen MR) is 179 cm³/mol. The average Bonchev–Trinajstić information content (AvgIpc) is 3.67. The molecule has 5 heteroatoms. The molecule has 4 radical (unpaired) electrons. The summed E-state index contributed by atoms with van der Waals surface area (Å²) in [4.78, 5) is 18.2. The maximum atomic E-state index is 5.28. The third kappa shape index (κ3) is 5.41. The number of H-pyrrole nitrogens is 2. The Kier molecular flexibility index (Phi) is 10.1. The van der Waals surface area contributed by atoms with Gasteiger partial charge in [0.05, 0.1) is 22.8 Å². The Labute approximate surface area is 266 Å². The first kappa shape index (κ1) is 31.5. The van der Waals surface area contributed by atoms with E-state index in [0.29, 0.717) is 0 Å². The van der Waals surface area contributed by atoms with Gasteiger partial charge in [-0.25, -0.2) is 9.97 Å². The van der Waals surface area contributed by atoms with Crippen molar-refractivity contribution >= 4 is 71.7 Å². The van der Waals surface area contributed by atoms with E-state index in [1.807, 2.05) is 0 Å². The number of nitrogens with one attached hydrogen (secondary N) is 2. The van der Waals surface area contributed by atoms with Crippen LogP contribution in [0.3, 0.4) is 0 Å². The van der Waals surface area contributed by atoms with Crippen LogP contribution in [0.2, 0.25) is 0 Å². The maximum Gasteiger partial charge on any atom is 0.0694 e. The van der Waals surface area contributed by atoms with Crippen LogP contribution in [-0.4, -0.2) is 47.2 Å². The minimum atomic E-state index is 0. The molecule has 0 fully saturated rings. The molecular formula is C36H46N4Pb. The number of aromatic amines is 2. The summed E-state index contributed by atoms with van der Waals surface area (Å²) in [6, 6.07) is 9.24. The first-order chi connectivity index (χ1) is 19.5. The zero-order chi connectivity index (χ0) is 28.6. The molecule has 4 nitrogen and oxygen atoms in total. The summed E-state index contributed by atoms with van der Waals surface area (Å²) in [6.07, 6.45) is 7.84. The number of rotatable bonds is 8. The molecule has 3 aromatic heterocycles. The van der Waals surface area contributed by atoms with Crippen molar-refractivity contribution < 1.29 is 0 Å². The summed E-state index contributed by atoms with van der Waals surface area (Å²) in [5.74, 6) is 0. The van der Waals surface area contributed by atoms with E-state index in [2.05, 4.69) is 89.6 Å². The number of hydrogen-bond donors (Lipinski definition) is 2. The fraction of sp³-hybridized carbons (Fsp3) is 0.444. The minimum Gasteiger partial charge on any atom is -0.355 e. The van der Waals surface area contributed by atoms with Gasteiger partial charge in [-0.1, -0.05) is 55.4 Å². The van der Waals surface area contributed by atoms with Gasteiger partial charge >= 0.3 is 0 Å². The first-order valence-corrected chi connectivity index (χ1v) is 15.7. The Morgan fingerprint density at radius 2 is 0.659 bits per heavy atom. The Bertz CT molecular complexity index is 1560. The molecule has 5 heterocycles. The molecule has 5 rings (SSSR count). The van der Waals surface area contributed by atoms with Crippen LogP contribution in [0, 0.1) is 0 Å². The van der Waals surface area contributed by atoms with E-state index >= 15 is 0 Å². The van der Waals surface area contributed by atoms with Crippen LogP contribution in [0.15, 0.2) is 24.3 Å². The molecule has 2 N–H and O–H groups in total. The molecule has 0 unspecified atom stereocenters. The fourth-order valence-electron chi connectivity index (χ4n) is 7.10. The van der Waals surface area contributed by atoms with Crippen molar-refractivity contribution in [3.05, 3.63) is 69.3 Å². The van der Waals surface area contributed by atoms with E-state index in [1.54, 1.807) is 0 Å². The van der Waals surface area contributed by atoms with Crippen LogP contribution < -0.4 is 0 Å².